The molecule has 0 spiro atoms. The Balaban J connectivity index is 0.00000161. The lowest BCUT2D eigenvalue weighted by Gasteiger charge is -2.19. The van der Waals surface area contributed by atoms with E-state index in [1.165, 1.54) is 17.4 Å². The third-order valence-electron chi connectivity index (χ3n) is 3.72. The van der Waals surface area contributed by atoms with E-state index in [9.17, 15) is 9.18 Å². The van der Waals surface area contributed by atoms with Gasteiger partial charge in [0.25, 0.3) is 5.91 Å². The van der Waals surface area contributed by atoms with Crippen LogP contribution in [0.15, 0.2) is 18.2 Å². The molecule has 1 saturated heterocycles. The average Bonchev–Trinajstić information content (AvgIpc) is 2.65. The fourth-order valence-electron chi connectivity index (χ4n) is 2.65. The number of carbonyl (C=O) groups is 1. The zero-order valence-electron chi connectivity index (χ0n) is 11.8. The van der Waals surface area contributed by atoms with E-state index in [1.54, 1.807) is 6.07 Å². The first-order valence-electron chi connectivity index (χ1n) is 6.86. The third kappa shape index (κ3) is 3.05. The minimum atomic E-state index is -0.243. The molecule has 0 bridgehead atoms. The van der Waals surface area contributed by atoms with Gasteiger partial charge < -0.3 is 10.2 Å². The number of thiophene rings is 1. The zero-order valence-corrected chi connectivity index (χ0v) is 13.5. The average molecular weight is 329 g/mol. The number of fused-ring (bicyclic) bond motifs is 1. The lowest BCUT2D eigenvalue weighted by molar-refractivity contribution is 0.0770. The number of hydrogen-bond donors (Lipinski definition) is 1. The van der Waals surface area contributed by atoms with Crippen LogP contribution in [0.3, 0.4) is 0 Å². The van der Waals surface area contributed by atoms with Crippen LogP contribution < -0.4 is 5.32 Å². The Labute approximate surface area is 133 Å². The summed E-state index contributed by atoms with van der Waals surface area (Å²) in [6.07, 6.45) is 0.962. The molecule has 1 amide bonds. The summed E-state index contributed by atoms with van der Waals surface area (Å²) < 4.78 is 14.7. The predicted octanol–water partition coefficient (Wildman–Crippen LogP) is 3.21. The van der Waals surface area contributed by atoms with Crippen molar-refractivity contribution in [1.82, 2.24) is 10.2 Å². The van der Waals surface area contributed by atoms with Crippen molar-refractivity contribution in [3.63, 3.8) is 0 Å². The monoisotopic (exact) mass is 328 g/mol. The quantitative estimate of drug-likeness (QED) is 0.872. The standard InChI is InChI=1S/C15H17FN2OS.ClH/c1-10-13-11(16)4-2-5-12(13)20-14(10)15(19)18-8-3-6-17-7-9-18;/h2,4-5,17H,3,6-9H2,1H3;1H. The van der Waals surface area contributed by atoms with E-state index in [4.69, 9.17) is 0 Å². The fourth-order valence-corrected chi connectivity index (χ4v) is 3.84. The Morgan fingerprint density at radius 2 is 2.14 bits per heavy atom. The fraction of sp³-hybridized carbons (Fsp3) is 0.400. The molecular weight excluding hydrogens is 311 g/mol. The number of carbonyl (C=O) groups excluding carboxylic acids is 1. The maximum atomic E-state index is 13.9. The molecule has 21 heavy (non-hydrogen) atoms. The van der Waals surface area contributed by atoms with Gasteiger partial charge in [-0.3, -0.25) is 4.79 Å². The lowest BCUT2D eigenvalue weighted by Crippen LogP contribution is -2.34. The highest BCUT2D eigenvalue weighted by Gasteiger charge is 2.23. The molecule has 0 aliphatic carbocycles. The summed E-state index contributed by atoms with van der Waals surface area (Å²) in [5.74, 6) is -0.209. The maximum absolute atomic E-state index is 13.9. The molecule has 0 unspecified atom stereocenters. The van der Waals surface area contributed by atoms with Crippen molar-refractivity contribution in [2.45, 2.75) is 13.3 Å². The predicted molar refractivity (Wildman–Crippen MR) is 87.2 cm³/mol. The van der Waals surface area contributed by atoms with Crippen LogP contribution in [0.25, 0.3) is 10.1 Å². The molecule has 3 nitrogen and oxygen atoms in total. The van der Waals surface area contributed by atoms with Crippen molar-refractivity contribution in [1.29, 1.82) is 0 Å². The first-order valence-corrected chi connectivity index (χ1v) is 7.68. The van der Waals surface area contributed by atoms with Gasteiger partial charge in [0.15, 0.2) is 0 Å². The summed E-state index contributed by atoms with van der Waals surface area (Å²) >= 11 is 1.40. The van der Waals surface area contributed by atoms with E-state index < -0.39 is 0 Å². The van der Waals surface area contributed by atoms with Gasteiger partial charge in [-0.15, -0.1) is 23.7 Å². The molecule has 0 atom stereocenters. The highest BCUT2D eigenvalue weighted by molar-refractivity contribution is 7.21. The Morgan fingerprint density at radius 3 is 2.90 bits per heavy atom. The topological polar surface area (TPSA) is 32.3 Å². The molecule has 2 heterocycles. The first-order chi connectivity index (χ1) is 9.68. The van der Waals surface area contributed by atoms with Crippen molar-refractivity contribution >= 4 is 39.7 Å². The molecule has 2 aromatic rings. The van der Waals surface area contributed by atoms with Gasteiger partial charge in [0.05, 0.1) is 4.88 Å². The molecule has 1 aliphatic heterocycles. The van der Waals surface area contributed by atoms with Gasteiger partial charge in [-0.2, -0.15) is 0 Å². The number of amides is 1. The Hall–Kier alpha value is -1.17. The second-order valence-corrected chi connectivity index (χ2v) is 6.12. The smallest absolute Gasteiger partial charge is 0.264 e. The van der Waals surface area contributed by atoms with Crippen LogP contribution >= 0.6 is 23.7 Å². The molecule has 1 aromatic carbocycles. The van der Waals surface area contributed by atoms with Crippen LogP contribution in [0.4, 0.5) is 4.39 Å². The number of nitrogens with zero attached hydrogens (tertiary/aromatic N) is 1. The lowest BCUT2D eigenvalue weighted by atomic mass is 10.1. The van der Waals surface area contributed by atoms with E-state index in [0.717, 1.165) is 42.9 Å². The van der Waals surface area contributed by atoms with Crippen LogP contribution in [-0.2, 0) is 0 Å². The van der Waals surface area contributed by atoms with Gasteiger partial charge in [-0.05, 0) is 37.6 Å². The summed E-state index contributed by atoms with van der Waals surface area (Å²) in [5, 5.41) is 3.87. The van der Waals surface area contributed by atoms with Gasteiger partial charge in [-0.1, -0.05) is 6.07 Å². The minimum Gasteiger partial charge on any atom is -0.337 e. The Bertz CT molecular complexity index is 650. The number of nitrogens with one attached hydrogen (secondary N) is 1. The molecular formula is C15H18ClFN2OS. The summed E-state index contributed by atoms with van der Waals surface area (Å²) in [6.45, 7) is 5.09. The van der Waals surface area contributed by atoms with Crippen molar-refractivity contribution in [3.05, 3.63) is 34.5 Å². The molecule has 0 saturated carbocycles. The second-order valence-electron chi connectivity index (χ2n) is 5.06. The largest absolute Gasteiger partial charge is 0.337 e. The van der Waals surface area contributed by atoms with Crippen LogP contribution in [0, 0.1) is 12.7 Å². The van der Waals surface area contributed by atoms with E-state index in [0.29, 0.717) is 10.3 Å². The van der Waals surface area contributed by atoms with Crippen LogP contribution in [-0.4, -0.2) is 37.0 Å². The van der Waals surface area contributed by atoms with Gasteiger partial charge in [0.2, 0.25) is 0 Å². The molecule has 0 radical (unpaired) electrons. The first kappa shape index (κ1) is 16.2. The number of rotatable bonds is 1. The summed E-state index contributed by atoms with van der Waals surface area (Å²) in [5.41, 5.74) is 0.769. The Kier molecular flexibility index (Phi) is 5.19. The summed E-state index contributed by atoms with van der Waals surface area (Å²) in [6, 6.07) is 5.01. The molecule has 3 rings (SSSR count). The van der Waals surface area contributed by atoms with Crippen molar-refractivity contribution < 1.29 is 9.18 Å². The zero-order chi connectivity index (χ0) is 14.1. The highest BCUT2D eigenvalue weighted by Crippen LogP contribution is 2.33. The molecule has 114 valence electrons. The van der Waals surface area contributed by atoms with E-state index >= 15 is 0 Å². The molecule has 6 heteroatoms. The molecule has 1 aromatic heterocycles. The maximum Gasteiger partial charge on any atom is 0.264 e. The summed E-state index contributed by atoms with van der Waals surface area (Å²) in [4.78, 5) is 15.2. The SMILES string of the molecule is Cc1c(C(=O)N2CCCNCC2)sc2cccc(F)c12.Cl. The number of benzene rings is 1. The molecule has 1 fully saturated rings. The van der Waals surface area contributed by atoms with Gasteiger partial charge in [0.1, 0.15) is 5.82 Å². The van der Waals surface area contributed by atoms with Crippen LogP contribution in [0.2, 0.25) is 0 Å². The normalized spacial score (nSPS) is 15.6. The number of halogens is 2. The van der Waals surface area contributed by atoms with Crippen molar-refractivity contribution in [2.75, 3.05) is 26.2 Å². The number of hydrogen-bond acceptors (Lipinski definition) is 3. The van der Waals surface area contributed by atoms with Crippen molar-refractivity contribution in [3.8, 4) is 0 Å². The third-order valence-corrected chi connectivity index (χ3v) is 4.97. The van der Waals surface area contributed by atoms with Gasteiger partial charge in [0, 0.05) is 29.7 Å². The van der Waals surface area contributed by atoms with Gasteiger partial charge >= 0.3 is 0 Å². The van der Waals surface area contributed by atoms with E-state index in [-0.39, 0.29) is 24.1 Å². The van der Waals surface area contributed by atoms with E-state index in [1.807, 2.05) is 17.9 Å². The Morgan fingerprint density at radius 1 is 1.33 bits per heavy atom. The molecule has 1 aliphatic rings. The van der Waals surface area contributed by atoms with Crippen LogP contribution in [0.1, 0.15) is 21.7 Å². The minimum absolute atomic E-state index is 0. The highest BCUT2D eigenvalue weighted by atomic mass is 35.5. The summed E-state index contributed by atoms with van der Waals surface area (Å²) in [7, 11) is 0. The van der Waals surface area contributed by atoms with Gasteiger partial charge in [-0.25, -0.2) is 4.39 Å². The molecule has 1 N–H and O–H groups in total. The van der Waals surface area contributed by atoms with E-state index in [2.05, 4.69) is 5.32 Å². The number of aryl methyl sites for hydroxylation is 1. The second kappa shape index (κ2) is 6.73. The van der Waals surface area contributed by atoms with Crippen LogP contribution in [0.5, 0.6) is 0 Å². The van der Waals surface area contributed by atoms with Crippen molar-refractivity contribution in [2.24, 2.45) is 0 Å².